The Labute approximate surface area is 98.3 Å². The molecule has 0 heterocycles. The molecule has 0 saturated heterocycles. The second kappa shape index (κ2) is 5.18. The Balaban J connectivity index is 1.97. The van der Waals surface area contributed by atoms with Gasteiger partial charge in [0.05, 0.1) is 6.54 Å². The molecule has 1 nitrogen and oxygen atoms in total. The first-order chi connectivity index (χ1) is 7.79. The SMILES string of the molecule is C#CCNC(Cc1cccc(C)c1)C1CC1. The van der Waals surface area contributed by atoms with Crippen LogP contribution in [0.2, 0.25) is 0 Å². The van der Waals surface area contributed by atoms with Gasteiger partial charge in [0.2, 0.25) is 0 Å². The summed E-state index contributed by atoms with van der Waals surface area (Å²) in [5.41, 5.74) is 2.76. The van der Waals surface area contributed by atoms with Crippen molar-refractivity contribution in [3.05, 3.63) is 35.4 Å². The first-order valence-electron chi connectivity index (χ1n) is 6.02. The van der Waals surface area contributed by atoms with E-state index in [1.165, 1.54) is 24.0 Å². The molecule has 1 aliphatic carbocycles. The Morgan fingerprint density at radius 1 is 1.50 bits per heavy atom. The van der Waals surface area contributed by atoms with Crippen molar-refractivity contribution in [3.8, 4) is 12.3 Å². The van der Waals surface area contributed by atoms with E-state index in [-0.39, 0.29) is 0 Å². The van der Waals surface area contributed by atoms with Crippen LogP contribution in [0.5, 0.6) is 0 Å². The third-order valence-electron chi connectivity index (χ3n) is 3.20. The molecule has 0 spiro atoms. The quantitative estimate of drug-likeness (QED) is 0.741. The molecular formula is C15H19N. The van der Waals surface area contributed by atoms with Crippen LogP contribution in [0.3, 0.4) is 0 Å². The third kappa shape index (κ3) is 3.12. The second-order valence-corrected chi connectivity index (χ2v) is 4.72. The smallest absolute Gasteiger partial charge is 0.0576 e. The van der Waals surface area contributed by atoms with Gasteiger partial charge in [0.25, 0.3) is 0 Å². The summed E-state index contributed by atoms with van der Waals surface area (Å²) in [5, 5.41) is 3.46. The maximum Gasteiger partial charge on any atom is 0.0576 e. The normalized spacial score (nSPS) is 16.8. The van der Waals surface area contributed by atoms with E-state index < -0.39 is 0 Å². The lowest BCUT2D eigenvalue weighted by Gasteiger charge is -2.17. The number of hydrogen-bond donors (Lipinski definition) is 1. The van der Waals surface area contributed by atoms with Crippen molar-refractivity contribution >= 4 is 0 Å². The van der Waals surface area contributed by atoms with Crippen LogP contribution in [0.1, 0.15) is 24.0 Å². The molecule has 16 heavy (non-hydrogen) atoms. The Morgan fingerprint density at radius 2 is 2.31 bits per heavy atom. The summed E-state index contributed by atoms with van der Waals surface area (Å²) in [6, 6.07) is 9.32. The van der Waals surface area contributed by atoms with E-state index in [1.54, 1.807) is 0 Å². The minimum atomic E-state index is 0.567. The molecule has 1 fully saturated rings. The predicted molar refractivity (Wildman–Crippen MR) is 68.2 cm³/mol. The third-order valence-corrected chi connectivity index (χ3v) is 3.20. The largest absolute Gasteiger partial charge is 0.303 e. The van der Waals surface area contributed by atoms with Gasteiger partial charge in [-0.15, -0.1) is 6.42 Å². The van der Waals surface area contributed by atoms with E-state index in [0.29, 0.717) is 12.6 Å². The fourth-order valence-electron chi connectivity index (χ4n) is 2.19. The van der Waals surface area contributed by atoms with Crippen molar-refractivity contribution in [2.45, 2.75) is 32.2 Å². The van der Waals surface area contributed by atoms with Crippen molar-refractivity contribution in [1.82, 2.24) is 5.32 Å². The van der Waals surface area contributed by atoms with E-state index in [1.807, 2.05) is 0 Å². The van der Waals surface area contributed by atoms with E-state index in [2.05, 4.69) is 42.4 Å². The molecule has 0 radical (unpaired) electrons. The van der Waals surface area contributed by atoms with Crippen LogP contribution >= 0.6 is 0 Å². The van der Waals surface area contributed by atoms with Crippen LogP contribution in [-0.2, 0) is 6.42 Å². The molecule has 0 amide bonds. The molecule has 1 unspecified atom stereocenters. The van der Waals surface area contributed by atoms with Gasteiger partial charge in [-0.2, -0.15) is 0 Å². The molecule has 0 aliphatic heterocycles. The van der Waals surface area contributed by atoms with Gasteiger partial charge in [0, 0.05) is 6.04 Å². The number of nitrogens with one attached hydrogen (secondary N) is 1. The van der Waals surface area contributed by atoms with Crippen molar-refractivity contribution in [3.63, 3.8) is 0 Å². The monoisotopic (exact) mass is 213 g/mol. The zero-order chi connectivity index (χ0) is 11.4. The molecular weight excluding hydrogens is 194 g/mol. The summed E-state index contributed by atoms with van der Waals surface area (Å²) in [7, 11) is 0. The number of rotatable bonds is 5. The van der Waals surface area contributed by atoms with Gasteiger partial charge in [-0.05, 0) is 37.7 Å². The average Bonchev–Trinajstić information content (AvgIpc) is 3.08. The van der Waals surface area contributed by atoms with Crippen molar-refractivity contribution in [1.29, 1.82) is 0 Å². The molecule has 1 N–H and O–H groups in total. The number of benzene rings is 1. The molecule has 0 bridgehead atoms. The van der Waals surface area contributed by atoms with Gasteiger partial charge in [-0.25, -0.2) is 0 Å². The minimum absolute atomic E-state index is 0.567. The van der Waals surface area contributed by atoms with Gasteiger partial charge in [-0.3, -0.25) is 0 Å². The highest BCUT2D eigenvalue weighted by molar-refractivity contribution is 5.23. The lowest BCUT2D eigenvalue weighted by Crippen LogP contribution is -2.33. The van der Waals surface area contributed by atoms with Crippen LogP contribution < -0.4 is 5.32 Å². The standard InChI is InChI=1S/C15H19N/c1-3-9-16-15(14-7-8-14)11-13-6-4-5-12(2)10-13/h1,4-6,10,14-16H,7-9,11H2,2H3. The molecule has 1 aliphatic rings. The zero-order valence-corrected chi connectivity index (χ0v) is 9.87. The molecule has 1 aromatic carbocycles. The van der Waals surface area contributed by atoms with E-state index in [9.17, 15) is 0 Å². The number of hydrogen-bond acceptors (Lipinski definition) is 1. The lowest BCUT2D eigenvalue weighted by molar-refractivity contribution is 0.485. The maximum absolute atomic E-state index is 5.30. The zero-order valence-electron chi connectivity index (χ0n) is 9.87. The summed E-state index contributed by atoms with van der Waals surface area (Å²) >= 11 is 0. The fraction of sp³-hybridized carbons (Fsp3) is 0.467. The molecule has 1 atom stereocenters. The van der Waals surface area contributed by atoms with Crippen LogP contribution in [0, 0.1) is 25.2 Å². The van der Waals surface area contributed by atoms with Gasteiger partial charge in [0.15, 0.2) is 0 Å². The highest BCUT2D eigenvalue weighted by Crippen LogP contribution is 2.34. The summed E-state index contributed by atoms with van der Waals surface area (Å²) < 4.78 is 0. The van der Waals surface area contributed by atoms with Crippen molar-refractivity contribution in [2.24, 2.45) is 5.92 Å². The first kappa shape index (κ1) is 11.2. The Morgan fingerprint density at radius 3 is 2.94 bits per heavy atom. The summed E-state index contributed by atoms with van der Waals surface area (Å²) in [6.07, 6.45) is 9.12. The second-order valence-electron chi connectivity index (χ2n) is 4.72. The summed E-state index contributed by atoms with van der Waals surface area (Å²) in [6.45, 7) is 2.83. The highest BCUT2D eigenvalue weighted by Gasteiger charge is 2.30. The van der Waals surface area contributed by atoms with Crippen molar-refractivity contribution in [2.75, 3.05) is 6.54 Å². The average molecular weight is 213 g/mol. The highest BCUT2D eigenvalue weighted by atomic mass is 14.9. The van der Waals surface area contributed by atoms with Crippen LogP contribution in [-0.4, -0.2) is 12.6 Å². The Bertz CT molecular complexity index is 385. The van der Waals surface area contributed by atoms with E-state index >= 15 is 0 Å². The summed E-state index contributed by atoms with van der Waals surface area (Å²) in [4.78, 5) is 0. The topological polar surface area (TPSA) is 12.0 Å². The Kier molecular flexibility index (Phi) is 3.64. The number of aryl methyl sites for hydroxylation is 1. The van der Waals surface area contributed by atoms with Crippen LogP contribution in [0.15, 0.2) is 24.3 Å². The van der Waals surface area contributed by atoms with E-state index in [0.717, 1.165) is 12.3 Å². The Hall–Kier alpha value is -1.26. The van der Waals surface area contributed by atoms with Crippen molar-refractivity contribution < 1.29 is 0 Å². The lowest BCUT2D eigenvalue weighted by atomic mass is 10.0. The number of terminal acetylenes is 1. The minimum Gasteiger partial charge on any atom is -0.303 e. The molecule has 0 aromatic heterocycles. The fourth-order valence-corrected chi connectivity index (χ4v) is 2.19. The van der Waals surface area contributed by atoms with Crippen LogP contribution in [0.25, 0.3) is 0 Å². The molecule has 84 valence electrons. The van der Waals surface area contributed by atoms with Gasteiger partial charge >= 0.3 is 0 Å². The summed E-state index contributed by atoms with van der Waals surface area (Å²) in [5.74, 6) is 3.51. The van der Waals surface area contributed by atoms with Gasteiger partial charge in [0.1, 0.15) is 0 Å². The molecule has 1 aromatic rings. The molecule has 1 saturated carbocycles. The van der Waals surface area contributed by atoms with Gasteiger partial charge < -0.3 is 5.32 Å². The first-order valence-corrected chi connectivity index (χ1v) is 6.02. The van der Waals surface area contributed by atoms with E-state index in [4.69, 9.17) is 6.42 Å². The maximum atomic E-state index is 5.30. The van der Waals surface area contributed by atoms with Gasteiger partial charge in [-0.1, -0.05) is 35.7 Å². The molecule has 1 heteroatoms. The van der Waals surface area contributed by atoms with Crippen LogP contribution in [0.4, 0.5) is 0 Å². The molecule has 2 rings (SSSR count). The predicted octanol–water partition coefficient (Wildman–Crippen LogP) is 2.54.